The van der Waals surface area contributed by atoms with Gasteiger partial charge in [-0.15, -0.1) is 0 Å². The van der Waals surface area contributed by atoms with Gasteiger partial charge in [-0.2, -0.15) is 4.98 Å². The minimum Gasteiger partial charge on any atom is -0.480 e. The third-order valence-electron chi connectivity index (χ3n) is 7.12. The maximum atomic E-state index is 13.4. The Morgan fingerprint density at radius 2 is 1.67 bits per heavy atom. The van der Waals surface area contributed by atoms with Crippen LogP contribution in [0.15, 0.2) is 55.0 Å². The number of carbonyl (C=O) groups excluding carboxylic acids is 2. The molecule has 0 bridgehead atoms. The number of benzene rings is 1. The molecule has 12 heteroatoms. The third-order valence-corrected chi connectivity index (χ3v) is 7.12. The summed E-state index contributed by atoms with van der Waals surface area (Å²) in [5.74, 6) is -0.317. The van der Waals surface area contributed by atoms with Gasteiger partial charge in [-0.1, -0.05) is 12.1 Å². The van der Waals surface area contributed by atoms with Gasteiger partial charge in [0.15, 0.2) is 5.82 Å². The van der Waals surface area contributed by atoms with Gasteiger partial charge < -0.3 is 29.9 Å². The Hall–Kier alpha value is -4.74. The van der Waals surface area contributed by atoms with E-state index < -0.39 is 12.0 Å². The van der Waals surface area contributed by atoms with Crippen molar-refractivity contribution in [2.45, 2.75) is 46.1 Å². The largest absolute Gasteiger partial charge is 0.480 e. The molecule has 12 nitrogen and oxygen atoms in total. The molecule has 0 spiro atoms. The number of ether oxygens (including phenoxy) is 1. The number of pyridine rings is 1. The van der Waals surface area contributed by atoms with Crippen LogP contribution in [0.4, 0.5) is 22.2 Å². The second-order valence-corrected chi connectivity index (χ2v) is 9.81. The highest BCUT2D eigenvalue weighted by atomic mass is 16.6. The standard InChI is InChI=1S/C30H37N7O5/c1-4-35(5-2)29-32-20-25(37(6-3)27(38)22-13-15-31-16-14-22)26(34-29)33-24(28(39)40)19-21-9-11-23(12-10-21)42-30(41)36-17-7-8-18-36/h9-16,20,24H,4-8,17-19H2,1-3H3,(H,39,40)(H,32,33,34)/t24-/m0/s1. The van der Waals surface area contributed by atoms with Gasteiger partial charge in [0.25, 0.3) is 5.91 Å². The number of nitrogens with zero attached hydrogens (tertiary/aromatic N) is 6. The number of carbonyl (C=O) groups is 3. The van der Waals surface area contributed by atoms with Gasteiger partial charge in [-0.3, -0.25) is 9.78 Å². The molecule has 1 atom stereocenters. The summed E-state index contributed by atoms with van der Waals surface area (Å²) < 4.78 is 5.46. The molecule has 4 rings (SSSR count). The lowest BCUT2D eigenvalue weighted by Gasteiger charge is -2.27. The number of carboxylic acid groups (broad SMARTS) is 1. The minimum absolute atomic E-state index is 0.115. The van der Waals surface area contributed by atoms with Crippen LogP contribution < -0.4 is 19.9 Å². The van der Waals surface area contributed by atoms with Crippen molar-refractivity contribution in [3.63, 3.8) is 0 Å². The molecule has 0 aliphatic carbocycles. The zero-order valence-corrected chi connectivity index (χ0v) is 24.2. The average Bonchev–Trinajstić information content (AvgIpc) is 3.55. The summed E-state index contributed by atoms with van der Waals surface area (Å²) in [4.78, 5) is 56.4. The summed E-state index contributed by atoms with van der Waals surface area (Å²) in [6.07, 6.45) is 6.30. The first kappa shape index (κ1) is 30.2. The van der Waals surface area contributed by atoms with Crippen molar-refractivity contribution in [1.82, 2.24) is 19.9 Å². The molecule has 0 unspecified atom stereocenters. The highest BCUT2D eigenvalue weighted by Crippen LogP contribution is 2.28. The Morgan fingerprint density at radius 1 is 1.00 bits per heavy atom. The summed E-state index contributed by atoms with van der Waals surface area (Å²) in [6, 6.07) is 8.95. The van der Waals surface area contributed by atoms with Gasteiger partial charge in [0, 0.05) is 57.1 Å². The van der Waals surface area contributed by atoms with Crippen molar-refractivity contribution < 1.29 is 24.2 Å². The molecule has 2 amide bonds. The first-order chi connectivity index (χ1) is 20.3. The van der Waals surface area contributed by atoms with Gasteiger partial charge in [0.1, 0.15) is 17.5 Å². The van der Waals surface area contributed by atoms with Crippen LogP contribution in [-0.4, -0.2) is 81.7 Å². The van der Waals surface area contributed by atoms with Crippen LogP contribution in [0.3, 0.4) is 0 Å². The molecule has 0 radical (unpaired) electrons. The fourth-order valence-corrected chi connectivity index (χ4v) is 4.76. The first-order valence-electron chi connectivity index (χ1n) is 14.2. The van der Waals surface area contributed by atoms with Crippen molar-refractivity contribution in [3.05, 3.63) is 66.1 Å². The van der Waals surface area contributed by atoms with Crippen molar-refractivity contribution in [1.29, 1.82) is 0 Å². The molecule has 1 aliphatic heterocycles. The molecule has 2 aromatic heterocycles. The zero-order chi connectivity index (χ0) is 30.1. The number of hydrogen-bond donors (Lipinski definition) is 2. The number of hydrogen-bond acceptors (Lipinski definition) is 9. The van der Waals surface area contributed by atoms with Crippen molar-refractivity contribution in [2.75, 3.05) is 47.8 Å². The van der Waals surface area contributed by atoms with E-state index in [1.807, 2.05) is 25.7 Å². The summed E-state index contributed by atoms with van der Waals surface area (Å²) in [5.41, 5.74) is 1.52. The van der Waals surface area contributed by atoms with E-state index in [1.165, 1.54) is 4.90 Å². The fourth-order valence-electron chi connectivity index (χ4n) is 4.76. The number of anilines is 3. The van der Waals surface area contributed by atoms with E-state index in [2.05, 4.69) is 20.3 Å². The molecule has 42 heavy (non-hydrogen) atoms. The molecule has 0 saturated carbocycles. The topological polar surface area (TPSA) is 141 Å². The van der Waals surface area contributed by atoms with Crippen molar-refractivity contribution in [3.8, 4) is 5.75 Å². The quantitative estimate of drug-likeness (QED) is 0.324. The number of likely N-dealkylation sites (tertiary alicyclic amines) is 1. The second kappa shape index (κ2) is 14.2. The van der Waals surface area contributed by atoms with Gasteiger partial charge in [-0.25, -0.2) is 14.6 Å². The monoisotopic (exact) mass is 575 g/mol. The molecule has 1 fully saturated rings. The van der Waals surface area contributed by atoms with E-state index in [0.717, 1.165) is 18.4 Å². The van der Waals surface area contributed by atoms with Crippen molar-refractivity contribution >= 4 is 35.4 Å². The molecule has 222 valence electrons. The summed E-state index contributed by atoms with van der Waals surface area (Å²) in [6.45, 7) is 8.77. The van der Waals surface area contributed by atoms with Crippen molar-refractivity contribution in [2.24, 2.45) is 0 Å². The Bertz CT molecular complexity index is 1360. The lowest BCUT2D eigenvalue weighted by atomic mass is 10.1. The minimum atomic E-state index is -1.09. The van der Waals surface area contributed by atoms with E-state index in [1.54, 1.807) is 59.9 Å². The molecular formula is C30H37N7O5. The Labute approximate surface area is 245 Å². The van der Waals surface area contributed by atoms with Gasteiger partial charge >= 0.3 is 12.1 Å². The molecule has 1 aromatic carbocycles. The number of nitrogens with one attached hydrogen (secondary N) is 1. The summed E-state index contributed by atoms with van der Waals surface area (Å²) >= 11 is 0. The van der Waals surface area contributed by atoms with Crippen LogP contribution >= 0.6 is 0 Å². The number of rotatable bonds is 12. The van der Waals surface area contributed by atoms with Crippen LogP contribution in [0, 0.1) is 0 Å². The molecule has 1 saturated heterocycles. The lowest BCUT2D eigenvalue weighted by Crippen LogP contribution is -2.36. The fraction of sp³-hybridized carbons (Fsp3) is 0.400. The summed E-state index contributed by atoms with van der Waals surface area (Å²) in [7, 11) is 0. The van der Waals surface area contributed by atoms with E-state index >= 15 is 0 Å². The number of aliphatic carboxylic acids is 1. The zero-order valence-electron chi connectivity index (χ0n) is 24.2. The maximum absolute atomic E-state index is 13.4. The SMILES string of the molecule is CCN(CC)c1ncc(N(CC)C(=O)c2ccncc2)c(N[C@@H](Cc2ccc(OC(=O)N3CCCC3)cc2)C(=O)O)n1. The van der Waals surface area contributed by atoms with Crippen LogP contribution in [0.5, 0.6) is 5.75 Å². The highest BCUT2D eigenvalue weighted by molar-refractivity contribution is 6.07. The lowest BCUT2D eigenvalue weighted by molar-refractivity contribution is -0.137. The molecule has 2 N–H and O–H groups in total. The Kier molecular flexibility index (Phi) is 10.2. The smallest absolute Gasteiger partial charge is 0.415 e. The highest BCUT2D eigenvalue weighted by Gasteiger charge is 2.26. The predicted molar refractivity (Wildman–Crippen MR) is 159 cm³/mol. The van der Waals surface area contributed by atoms with Gasteiger partial charge in [0.05, 0.1) is 6.20 Å². The number of amides is 2. The van der Waals surface area contributed by atoms with E-state index in [9.17, 15) is 19.5 Å². The van der Waals surface area contributed by atoms with Crippen LogP contribution in [-0.2, 0) is 11.2 Å². The second-order valence-electron chi connectivity index (χ2n) is 9.81. The molecular weight excluding hydrogens is 538 g/mol. The first-order valence-corrected chi connectivity index (χ1v) is 14.2. The van der Waals surface area contributed by atoms with Crippen LogP contribution in [0.25, 0.3) is 0 Å². The van der Waals surface area contributed by atoms with E-state index in [0.29, 0.717) is 55.7 Å². The van der Waals surface area contributed by atoms with Crippen LogP contribution in [0.1, 0.15) is 49.5 Å². The third kappa shape index (κ3) is 7.31. The molecule has 3 heterocycles. The summed E-state index contributed by atoms with van der Waals surface area (Å²) in [5, 5.41) is 13.2. The maximum Gasteiger partial charge on any atom is 0.415 e. The Morgan fingerprint density at radius 3 is 2.26 bits per heavy atom. The Balaban J connectivity index is 1.59. The normalized spacial score (nSPS) is 13.4. The van der Waals surface area contributed by atoms with Gasteiger partial charge in [0.2, 0.25) is 5.95 Å². The number of carboxylic acids is 1. The average molecular weight is 576 g/mol. The van der Waals surface area contributed by atoms with E-state index in [4.69, 9.17) is 4.74 Å². The predicted octanol–water partition coefficient (Wildman–Crippen LogP) is 4.09. The molecule has 3 aromatic rings. The van der Waals surface area contributed by atoms with Crippen LogP contribution in [0.2, 0.25) is 0 Å². The van der Waals surface area contributed by atoms with E-state index in [-0.39, 0.29) is 24.2 Å². The number of aromatic nitrogens is 3. The van der Waals surface area contributed by atoms with Gasteiger partial charge in [-0.05, 0) is 63.4 Å². The molecule has 1 aliphatic rings.